The first-order valence-corrected chi connectivity index (χ1v) is 14.4. The van der Waals surface area contributed by atoms with E-state index in [1.165, 1.54) is 18.2 Å². The maximum atomic E-state index is 14.2. The van der Waals surface area contributed by atoms with Gasteiger partial charge in [0.25, 0.3) is 10.0 Å². The first-order valence-electron chi connectivity index (χ1n) is 12.9. The molecular weight excluding hydrogens is 515 g/mol. The molecule has 2 bridgehead atoms. The summed E-state index contributed by atoms with van der Waals surface area (Å²) in [6, 6.07) is 7.54. The van der Waals surface area contributed by atoms with Gasteiger partial charge in [-0.15, -0.1) is 0 Å². The van der Waals surface area contributed by atoms with Crippen molar-refractivity contribution in [2.45, 2.75) is 60.2 Å². The van der Waals surface area contributed by atoms with E-state index in [0.717, 1.165) is 37.1 Å². The topological polar surface area (TPSA) is 133 Å². The third kappa shape index (κ3) is 3.06. The first-order chi connectivity index (χ1) is 18.1. The zero-order valence-electron chi connectivity index (χ0n) is 20.4. The number of hydrogen-bond acceptors (Lipinski definition) is 8. The van der Waals surface area contributed by atoms with Gasteiger partial charge in [-0.1, -0.05) is 18.2 Å². The summed E-state index contributed by atoms with van der Waals surface area (Å²) in [6.07, 6.45) is 1.51. The first kappa shape index (κ1) is 24.1. The molecule has 3 aliphatic carbocycles. The van der Waals surface area contributed by atoms with Gasteiger partial charge < -0.3 is 14.9 Å². The highest BCUT2D eigenvalue weighted by molar-refractivity contribution is 7.90. The number of sulfonamides is 1. The van der Waals surface area contributed by atoms with Crippen LogP contribution in [0.15, 0.2) is 41.3 Å². The predicted molar refractivity (Wildman–Crippen MR) is 130 cm³/mol. The normalized spacial score (nSPS) is 33.4. The number of nitrogens with zero attached hydrogens (tertiary/aromatic N) is 1. The number of halogens is 1. The molecule has 0 aromatic heterocycles. The number of likely N-dealkylation sites (tertiary alicyclic amines) is 1. The van der Waals surface area contributed by atoms with E-state index in [9.17, 15) is 32.6 Å². The van der Waals surface area contributed by atoms with Gasteiger partial charge in [0, 0.05) is 18.2 Å². The average Bonchev–Trinajstić information content (AvgIpc) is 3.61. The van der Waals surface area contributed by atoms with Crippen LogP contribution in [0.1, 0.15) is 36.8 Å². The van der Waals surface area contributed by atoms with Gasteiger partial charge in [0.1, 0.15) is 16.6 Å². The van der Waals surface area contributed by atoms with Crippen LogP contribution in [-0.4, -0.2) is 66.1 Å². The highest BCUT2D eigenvalue weighted by Crippen LogP contribution is 2.65. The van der Waals surface area contributed by atoms with Crippen LogP contribution < -0.4 is 9.46 Å². The van der Waals surface area contributed by atoms with Crippen molar-refractivity contribution in [3.63, 3.8) is 0 Å². The summed E-state index contributed by atoms with van der Waals surface area (Å²) < 4.78 is 47.9. The number of amides is 1. The number of phenols is 1. The van der Waals surface area contributed by atoms with Gasteiger partial charge in [-0.3, -0.25) is 14.5 Å². The number of rotatable bonds is 5. The Balaban J connectivity index is 1.30. The monoisotopic (exact) mass is 542 g/mol. The Morgan fingerprint density at radius 1 is 1.21 bits per heavy atom. The molecule has 1 unspecified atom stereocenters. The van der Waals surface area contributed by atoms with Gasteiger partial charge in [0.05, 0.1) is 11.0 Å². The number of carbonyl (C=O) groups is 2. The Morgan fingerprint density at radius 2 is 1.97 bits per heavy atom. The van der Waals surface area contributed by atoms with E-state index in [2.05, 4.69) is 4.90 Å². The lowest BCUT2D eigenvalue weighted by molar-refractivity contribution is -0.198. The molecule has 2 saturated carbocycles. The summed E-state index contributed by atoms with van der Waals surface area (Å²) in [5.41, 5.74) is -1.22. The molecule has 38 heavy (non-hydrogen) atoms. The molecule has 5 aliphatic rings. The van der Waals surface area contributed by atoms with Crippen LogP contribution in [0.4, 0.5) is 4.39 Å². The molecule has 1 spiro atoms. The van der Waals surface area contributed by atoms with E-state index in [-0.39, 0.29) is 17.9 Å². The molecular formula is C27H27FN2O7S. The van der Waals surface area contributed by atoms with E-state index < -0.39 is 61.5 Å². The number of benzene rings is 2. The number of aromatic hydroxyl groups is 1. The van der Waals surface area contributed by atoms with E-state index in [4.69, 9.17) is 4.74 Å². The standard InChI is InChI=1S/C27H27FN2O7S/c28-17-3-1-2-4-19(17)38(35,36)29-25(33)16-12-27(34)20-11-15-7-8-18(31)23-21(15)26(27,24(37-23)22(16)32)9-10-30(20)13-14-5-6-14/h1-4,7-8,14,16,20,24,31,34H,5-6,9-13H2,(H,29,33)/t16?,20-,24+,26+,27-/m1/s1. The van der Waals surface area contributed by atoms with Crippen LogP contribution in [0.25, 0.3) is 0 Å². The number of carbonyl (C=O) groups excluding carboxylic acids is 2. The number of nitrogens with one attached hydrogen (secondary N) is 1. The average molecular weight is 543 g/mol. The highest BCUT2D eigenvalue weighted by atomic mass is 32.2. The van der Waals surface area contributed by atoms with Gasteiger partial charge >= 0.3 is 0 Å². The van der Waals surface area contributed by atoms with Gasteiger partial charge in [-0.25, -0.2) is 17.5 Å². The van der Waals surface area contributed by atoms with Crippen LogP contribution in [0.2, 0.25) is 0 Å². The van der Waals surface area contributed by atoms with E-state index >= 15 is 0 Å². The Labute approximate surface area is 218 Å². The highest BCUT2D eigenvalue weighted by Gasteiger charge is 2.75. The molecule has 3 N–H and O–H groups in total. The second kappa shape index (κ2) is 7.77. The lowest BCUT2D eigenvalue weighted by atomic mass is 9.47. The minimum atomic E-state index is -4.62. The summed E-state index contributed by atoms with van der Waals surface area (Å²) in [4.78, 5) is 28.7. The van der Waals surface area contributed by atoms with Crippen LogP contribution in [0.3, 0.4) is 0 Å². The van der Waals surface area contributed by atoms with Crippen LogP contribution in [0, 0.1) is 17.7 Å². The number of Topliss-reactive ketones (excluding diaryl/α,β-unsaturated/α-hetero) is 1. The fourth-order valence-electron chi connectivity index (χ4n) is 7.45. The van der Waals surface area contributed by atoms with Crippen molar-refractivity contribution in [2.24, 2.45) is 11.8 Å². The van der Waals surface area contributed by atoms with Crippen molar-refractivity contribution in [1.82, 2.24) is 9.62 Å². The molecule has 5 atom stereocenters. The van der Waals surface area contributed by atoms with Crippen molar-refractivity contribution >= 4 is 21.7 Å². The van der Waals surface area contributed by atoms with Gasteiger partial charge in [0.2, 0.25) is 5.91 Å². The number of hydrogen-bond donors (Lipinski definition) is 3. The van der Waals surface area contributed by atoms with Crippen molar-refractivity contribution in [3.8, 4) is 11.5 Å². The quantitative estimate of drug-likeness (QED) is 0.483. The summed E-state index contributed by atoms with van der Waals surface area (Å²) >= 11 is 0. The lowest BCUT2D eigenvalue weighted by Crippen LogP contribution is -2.78. The molecule has 7 rings (SSSR count). The number of ketones is 1. The third-order valence-electron chi connectivity index (χ3n) is 9.31. The Kier molecular flexibility index (Phi) is 4.92. The number of phenolic OH excluding ortho intramolecular Hbond substituents is 1. The van der Waals surface area contributed by atoms with Gasteiger partial charge in [-0.2, -0.15) is 0 Å². The van der Waals surface area contributed by atoms with Gasteiger partial charge in [-0.05, 0) is 68.3 Å². The van der Waals surface area contributed by atoms with Crippen LogP contribution in [-0.2, 0) is 31.4 Å². The summed E-state index contributed by atoms with van der Waals surface area (Å²) in [7, 11) is -4.62. The zero-order chi connectivity index (χ0) is 26.6. The Morgan fingerprint density at radius 3 is 2.71 bits per heavy atom. The van der Waals surface area contributed by atoms with Crippen molar-refractivity contribution in [1.29, 1.82) is 0 Å². The lowest BCUT2D eigenvalue weighted by Gasteiger charge is -2.63. The molecule has 0 radical (unpaired) electrons. The van der Waals surface area contributed by atoms with Gasteiger partial charge in [0.15, 0.2) is 23.4 Å². The second-order valence-electron chi connectivity index (χ2n) is 11.3. The maximum Gasteiger partial charge on any atom is 0.266 e. The van der Waals surface area contributed by atoms with Crippen molar-refractivity contribution in [2.75, 3.05) is 13.1 Å². The Bertz CT molecular complexity index is 1510. The maximum absolute atomic E-state index is 14.2. The fourth-order valence-corrected chi connectivity index (χ4v) is 8.54. The molecule has 1 saturated heterocycles. The largest absolute Gasteiger partial charge is 0.504 e. The Hall–Kier alpha value is -3.02. The SMILES string of the molecule is O=C(NS(=O)(=O)c1ccccc1F)C1C[C@@]2(O)[C@H]3Cc4ccc(O)c5c4[C@@]2(CCN3CC2CC2)[C@@H](O5)C1=O. The molecule has 2 aromatic rings. The van der Waals surface area contributed by atoms with E-state index in [0.29, 0.717) is 30.9 Å². The second-order valence-corrected chi connectivity index (χ2v) is 13.0. The van der Waals surface area contributed by atoms with Crippen molar-refractivity contribution in [3.05, 3.63) is 53.3 Å². The van der Waals surface area contributed by atoms with Crippen LogP contribution >= 0.6 is 0 Å². The molecule has 3 fully saturated rings. The summed E-state index contributed by atoms with van der Waals surface area (Å²) in [5.74, 6) is -3.83. The number of aliphatic hydroxyl groups is 1. The number of ether oxygens (including phenoxy) is 1. The van der Waals surface area contributed by atoms with E-state index in [1.807, 2.05) is 4.72 Å². The predicted octanol–water partition coefficient (Wildman–Crippen LogP) is 1.40. The molecule has 9 nitrogen and oxygen atoms in total. The minimum absolute atomic E-state index is 0.147. The summed E-state index contributed by atoms with van der Waals surface area (Å²) in [6.45, 7) is 1.42. The fraction of sp³-hybridized carbons (Fsp3) is 0.481. The number of piperidine rings is 1. The van der Waals surface area contributed by atoms with Crippen molar-refractivity contribution < 1.29 is 37.3 Å². The molecule has 200 valence electrons. The zero-order valence-corrected chi connectivity index (χ0v) is 21.2. The molecule has 2 aromatic carbocycles. The van der Waals surface area contributed by atoms with E-state index in [1.54, 1.807) is 6.07 Å². The smallest absolute Gasteiger partial charge is 0.266 e. The van der Waals surface area contributed by atoms with Crippen LogP contribution in [0.5, 0.6) is 11.5 Å². The molecule has 2 aliphatic heterocycles. The molecule has 1 amide bonds. The molecule has 2 heterocycles. The summed E-state index contributed by atoms with van der Waals surface area (Å²) in [5, 5.41) is 23.2. The molecule has 11 heteroatoms. The third-order valence-corrected chi connectivity index (χ3v) is 10.7. The minimum Gasteiger partial charge on any atom is -0.504 e.